The van der Waals surface area contributed by atoms with Crippen molar-refractivity contribution in [2.45, 2.75) is 26.0 Å². The number of methoxy groups -OCH3 is 1. The molecule has 3 heterocycles. The van der Waals surface area contributed by atoms with Crippen LogP contribution in [0.15, 0.2) is 142 Å². The predicted octanol–water partition coefficient (Wildman–Crippen LogP) is 7.65. The van der Waals surface area contributed by atoms with Gasteiger partial charge in [0.1, 0.15) is 41.9 Å². The lowest BCUT2D eigenvalue weighted by atomic mass is 10.1. The number of hydrogen-bond acceptors (Lipinski definition) is 11. The fourth-order valence-corrected chi connectivity index (χ4v) is 6.48. The molecule has 0 saturated carbocycles. The molecule has 3 aromatic heterocycles. The number of hydrogen-bond donors (Lipinski definition) is 1. The fourth-order valence-electron chi connectivity index (χ4n) is 6.48. The number of aryl methyl sites for hydroxylation is 1. The van der Waals surface area contributed by atoms with Gasteiger partial charge >= 0.3 is 0 Å². The number of nitrogens with one attached hydrogen (secondary N) is 1. The Labute approximate surface area is 338 Å². The van der Waals surface area contributed by atoms with Crippen LogP contribution in [-0.4, -0.2) is 58.5 Å². The highest BCUT2D eigenvalue weighted by molar-refractivity contribution is 5.82. The molecule has 13 heteroatoms. The smallest absolute Gasteiger partial charge is 0.259 e. The molecule has 298 valence electrons. The Morgan fingerprint density at radius 3 is 2.27 bits per heavy atom. The van der Waals surface area contributed by atoms with Crippen molar-refractivity contribution in [2.75, 3.05) is 33.5 Å². The highest BCUT2D eigenvalue weighted by Crippen LogP contribution is 2.33. The van der Waals surface area contributed by atoms with Gasteiger partial charge in [-0.05, 0) is 103 Å². The van der Waals surface area contributed by atoms with Gasteiger partial charge < -0.3 is 33.1 Å². The Hall–Kier alpha value is -7.25. The summed E-state index contributed by atoms with van der Waals surface area (Å²) >= 11 is 0. The van der Waals surface area contributed by atoms with Crippen LogP contribution in [0.1, 0.15) is 17.7 Å². The summed E-state index contributed by atoms with van der Waals surface area (Å²) < 4.78 is 37.1. The number of nitrogens with zero attached hydrogens (tertiary/aromatic N) is 4. The lowest BCUT2D eigenvalue weighted by molar-refractivity contribution is 0.0923. The second-order valence-corrected chi connectivity index (χ2v) is 13.6. The van der Waals surface area contributed by atoms with Gasteiger partial charge in [0.25, 0.3) is 5.56 Å². The third-order valence-corrected chi connectivity index (χ3v) is 9.52. The van der Waals surface area contributed by atoms with Gasteiger partial charge in [-0.3, -0.25) is 9.59 Å². The average molecular weight is 792 g/mol. The maximum absolute atomic E-state index is 13.6. The molecule has 1 N–H and O–H groups in total. The van der Waals surface area contributed by atoms with Crippen LogP contribution in [-0.2, 0) is 24.3 Å². The minimum Gasteiger partial charge on any atom is -0.497 e. The molecule has 59 heavy (non-hydrogen) atoms. The summed E-state index contributed by atoms with van der Waals surface area (Å²) in [5.41, 5.74) is 3.93. The predicted molar refractivity (Wildman–Crippen MR) is 223 cm³/mol. The molecular formula is C46H41N5O8. The highest BCUT2D eigenvalue weighted by atomic mass is 16.5. The third-order valence-electron chi connectivity index (χ3n) is 9.52. The molecule has 13 nitrogen and oxygen atoms in total. The maximum Gasteiger partial charge on any atom is 0.259 e. The van der Waals surface area contributed by atoms with Crippen molar-refractivity contribution >= 4 is 21.9 Å². The molecule has 0 spiro atoms. The molecule has 0 amide bonds. The van der Waals surface area contributed by atoms with E-state index in [0.717, 1.165) is 35.4 Å². The summed E-state index contributed by atoms with van der Waals surface area (Å²) in [6.07, 6.45) is 3.41. The normalized spacial score (nSPS) is 11.2. The molecule has 0 aliphatic carbocycles. The Bertz CT molecular complexity index is 2780. The molecule has 0 bridgehead atoms. The number of aromatic amines is 1. The summed E-state index contributed by atoms with van der Waals surface area (Å²) in [7, 11) is 1.61. The number of rotatable bonds is 18. The second kappa shape index (κ2) is 18.3. The van der Waals surface area contributed by atoms with Crippen LogP contribution in [0.4, 0.5) is 0 Å². The standard InChI is InChI=1S/C46H41N5O8/c1-54-37-10-6-8-31(28-37)30-58-44-42(52)39-12-3-5-14-41(39)59-43(44)32-15-19-36(20-16-32)57-27-26-55-25-23-51-29-34(49-50-51)9-7-24-56-35-21-17-33(18-22-35)45-47-40-13-4-2-11-38(40)46(53)48-45/h2-6,8,10-22,28-29H,7,9,23-27,30H2,1H3,(H,47,48,53). The van der Waals surface area contributed by atoms with E-state index in [-0.39, 0.29) is 23.3 Å². The van der Waals surface area contributed by atoms with E-state index in [4.69, 9.17) is 28.1 Å². The summed E-state index contributed by atoms with van der Waals surface area (Å²) in [5, 5.41) is 9.51. The van der Waals surface area contributed by atoms with Crippen molar-refractivity contribution in [3.05, 3.63) is 159 Å². The summed E-state index contributed by atoms with van der Waals surface area (Å²) in [4.78, 5) is 33.4. The van der Waals surface area contributed by atoms with E-state index in [1.54, 1.807) is 36.1 Å². The van der Waals surface area contributed by atoms with Gasteiger partial charge in [0.15, 0.2) is 5.76 Å². The first-order chi connectivity index (χ1) is 29.0. The third kappa shape index (κ3) is 9.49. The molecule has 0 fully saturated rings. The van der Waals surface area contributed by atoms with E-state index in [9.17, 15) is 9.59 Å². The number of fused-ring (bicyclic) bond motifs is 2. The van der Waals surface area contributed by atoms with Gasteiger partial charge in [-0.15, -0.1) is 5.10 Å². The van der Waals surface area contributed by atoms with Crippen molar-refractivity contribution in [3.63, 3.8) is 0 Å². The van der Waals surface area contributed by atoms with Crippen LogP contribution < -0.4 is 29.9 Å². The molecule has 5 aromatic carbocycles. The van der Waals surface area contributed by atoms with Crippen molar-refractivity contribution < 1.29 is 28.1 Å². The van der Waals surface area contributed by atoms with Crippen LogP contribution in [0.2, 0.25) is 0 Å². The van der Waals surface area contributed by atoms with Gasteiger partial charge in [0, 0.05) is 17.3 Å². The van der Waals surface area contributed by atoms with E-state index in [2.05, 4.69) is 20.3 Å². The van der Waals surface area contributed by atoms with E-state index in [1.807, 2.05) is 103 Å². The highest BCUT2D eigenvalue weighted by Gasteiger charge is 2.18. The van der Waals surface area contributed by atoms with Crippen LogP contribution in [0.3, 0.4) is 0 Å². The monoisotopic (exact) mass is 791 g/mol. The van der Waals surface area contributed by atoms with Gasteiger partial charge in [-0.1, -0.05) is 41.6 Å². The Morgan fingerprint density at radius 1 is 0.712 bits per heavy atom. The summed E-state index contributed by atoms with van der Waals surface area (Å²) in [6.45, 7) is 2.43. The zero-order valence-electron chi connectivity index (χ0n) is 32.3. The number of H-pyrrole nitrogens is 1. The largest absolute Gasteiger partial charge is 0.497 e. The molecule has 0 saturated heterocycles. The minimum atomic E-state index is -0.245. The molecule has 8 aromatic rings. The van der Waals surface area contributed by atoms with E-state index in [0.29, 0.717) is 83.5 Å². The number of para-hydroxylation sites is 2. The lowest BCUT2D eigenvalue weighted by Crippen LogP contribution is -2.12. The Kier molecular flexibility index (Phi) is 12.0. The fraction of sp³-hybridized carbons (Fsp3) is 0.196. The Balaban J connectivity index is 0.759. The first kappa shape index (κ1) is 38.6. The van der Waals surface area contributed by atoms with E-state index >= 15 is 0 Å². The van der Waals surface area contributed by atoms with Crippen LogP contribution >= 0.6 is 0 Å². The van der Waals surface area contributed by atoms with Crippen molar-refractivity contribution in [1.29, 1.82) is 0 Å². The molecule has 8 rings (SSSR count). The molecule has 0 unspecified atom stereocenters. The number of ether oxygens (including phenoxy) is 5. The Morgan fingerprint density at radius 2 is 1.46 bits per heavy atom. The van der Waals surface area contributed by atoms with Crippen molar-refractivity contribution in [3.8, 4) is 45.7 Å². The maximum atomic E-state index is 13.6. The van der Waals surface area contributed by atoms with Crippen molar-refractivity contribution in [1.82, 2.24) is 25.0 Å². The average Bonchev–Trinajstić information content (AvgIpc) is 3.74. The molecule has 0 atom stereocenters. The first-order valence-electron chi connectivity index (χ1n) is 19.2. The van der Waals surface area contributed by atoms with Crippen LogP contribution in [0.5, 0.6) is 23.0 Å². The first-order valence-corrected chi connectivity index (χ1v) is 19.2. The quantitative estimate of drug-likeness (QED) is 0.0853. The molecular weight excluding hydrogens is 751 g/mol. The van der Waals surface area contributed by atoms with E-state index < -0.39 is 0 Å². The van der Waals surface area contributed by atoms with Gasteiger partial charge in [0.2, 0.25) is 11.2 Å². The molecule has 0 aliphatic heterocycles. The van der Waals surface area contributed by atoms with E-state index in [1.165, 1.54) is 0 Å². The van der Waals surface area contributed by atoms with Crippen molar-refractivity contribution in [2.24, 2.45) is 0 Å². The van der Waals surface area contributed by atoms with Gasteiger partial charge in [0.05, 0.1) is 55.5 Å². The zero-order chi connectivity index (χ0) is 40.4. The SMILES string of the molecule is COc1cccc(COc2c(-c3ccc(OCCOCCn4cc(CCCOc5ccc(-c6nc7ccccc7c(=O)[nH]6)cc5)nn4)cc3)oc3ccccc3c2=O)c1. The molecule has 0 radical (unpaired) electrons. The second-order valence-electron chi connectivity index (χ2n) is 13.6. The number of benzene rings is 5. The summed E-state index contributed by atoms with van der Waals surface area (Å²) in [6, 6.07) is 36.7. The van der Waals surface area contributed by atoms with Crippen LogP contribution in [0.25, 0.3) is 44.6 Å². The molecule has 0 aliphatic rings. The van der Waals surface area contributed by atoms with Crippen LogP contribution in [0, 0.1) is 0 Å². The number of aromatic nitrogens is 5. The summed E-state index contributed by atoms with van der Waals surface area (Å²) in [5.74, 6) is 3.08. The zero-order valence-corrected chi connectivity index (χ0v) is 32.3. The topological polar surface area (TPSA) is 153 Å². The lowest BCUT2D eigenvalue weighted by Gasteiger charge is -2.13. The minimum absolute atomic E-state index is 0.136. The van der Waals surface area contributed by atoms with Gasteiger partial charge in [-0.2, -0.15) is 0 Å². The van der Waals surface area contributed by atoms with Gasteiger partial charge in [-0.25, -0.2) is 9.67 Å².